The van der Waals surface area contributed by atoms with Gasteiger partial charge in [-0.05, 0) is 24.6 Å². The van der Waals surface area contributed by atoms with E-state index in [-0.39, 0.29) is 6.54 Å². The third-order valence-electron chi connectivity index (χ3n) is 3.51. The van der Waals surface area contributed by atoms with E-state index >= 15 is 0 Å². The number of benzene rings is 1. The molecular weight excluding hydrogens is 340 g/mol. The molecule has 1 aromatic rings. The summed E-state index contributed by atoms with van der Waals surface area (Å²) in [7, 11) is 1.45. The zero-order valence-corrected chi connectivity index (χ0v) is 13.4. The van der Waals surface area contributed by atoms with Crippen LogP contribution in [0.15, 0.2) is 16.6 Å². The Bertz CT molecular complexity index is 576. The van der Waals surface area contributed by atoms with Crippen molar-refractivity contribution in [2.75, 3.05) is 13.7 Å². The van der Waals surface area contributed by atoms with Gasteiger partial charge in [-0.15, -0.1) is 0 Å². The number of carboxylic acid groups (broad SMARTS) is 1. The predicted octanol–water partition coefficient (Wildman–Crippen LogP) is 2.00. The summed E-state index contributed by atoms with van der Waals surface area (Å²) in [5.74, 6) is -0.230. The number of carbonyl (C=O) groups excluding carboxylic acids is 1. The Morgan fingerprint density at radius 3 is 2.90 bits per heavy atom. The maximum Gasteiger partial charge on any atom is 0.326 e. The molecule has 1 aliphatic heterocycles. The lowest BCUT2D eigenvalue weighted by Crippen LogP contribution is -2.45. The lowest BCUT2D eigenvalue weighted by molar-refractivity contribution is -0.141. The summed E-state index contributed by atoms with van der Waals surface area (Å²) in [5, 5.41) is 11.6. The number of amides is 2. The molecule has 1 heterocycles. The highest BCUT2D eigenvalue weighted by Gasteiger charge is 2.22. The first kappa shape index (κ1) is 15.6. The van der Waals surface area contributed by atoms with Crippen LogP contribution >= 0.6 is 15.9 Å². The minimum Gasteiger partial charge on any atom is -0.493 e. The van der Waals surface area contributed by atoms with Crippen molar-refractivity contribution in [2.45, 2.75) is 25.9 Å². The summed E-state index contributed by atoms with van der Waals surface area (Å²) >= 11 is 3.44. The van der Waals surface area contributed by atoms with Crippen molar-refractivity contribution >= 4 is 27.9 Å². The van der Waals surface area contributed by atoms with Crippen LogP contribution in [0.3, 0.4) is 0 Å². The number of nitrogens with one attached hydrogen (secondary N) is 1. The molecule has 1 aromatic carbocycles. The first-order chi connectivity index (χ1) is 9.90. The molecule has 114 valence electrons. The van der Waals surface area contributed by atoms with Crippen LogP contribution in [-0.2, 0) is 17.8 Å². The van der Waals surface area contributed by atoms with Crippen LogP contribution in [0.25, 0.3) is 0 Å². The average molecular weight is 357 g/mol. The van der Waals surface area contributed by atoms with Crippen LogP contribution in [0.5, 0.6) is 5.75 Å². The van der Waals surface area contributed by atoms with E-state index in [2.05, 4.69) is 21.2 Å². The summed E-state index contributed by atoms with van der Waals surface area (Å²) < 4.78 is 6.52. The van der Waals surface area contributed by atoms with E-state index in [1.165, 1.54) is 14.0 Å². The summed E-state index contributed by atoms with van der Waals surface area (Å²) in [6, 6.07) is 2.59. The van der Waals surface area contributed by atoms with Gasteiger partial charge in [-0.2, -0.15) is 0 Å². The van der Waals surface area contributed by atoms with E-state index in [9.17, 15) is 9.59 Å². The maximum absolute atomic E-state index is 11.9. The molecule has 7 heteroatoms. The summed E-state index contributed by atoms with van der Waals surface area (Å²) in [5.41, 5.74) is 1.99. The second-order valence-electron chi connectivity index (χ2n) is 4.94. The minimum absolute atomic E-state index is 0.289. The van der Waals surface area contributed by atoms with Gasteiger partial charge in [-0.3, -0.25) is 0 Å². The Morgan fingerprint density at radius 1 is 1.52 bits per heavy atom. The van der Waals surface area contributed by atoms with Gasteiger partial charge in [-0.25, -0.2) is 9.59 Å². The number of hydrogen-bond acceptors (Lipinski definition) is 3. The number of carbonyl (C=O) groups is 2. The molecule has 1 aliphatic rings. The van der Waals surface area contributed by atoms with Gasteiger partial charge in [0, 0.05) is 30.0 Å². The first-order valence-electron chi connectivity index (χ1n) is 6.57. The number of aliphatic carboxylic acids is 1. The number of likely N-dealkylation sites (N-methyl/N-ethyl adjacent to an activating group) is 1. The summed E-state index contributed by atoms with van der Waals surface area (Å²) in [6.45, 7) is 2.39. The van der Waals surface area contributed by atoms with Gasteiger partial charge in [-0.1, -0.05) is 15.9 Å². The molecule has 0 saturated carbocycles. The molecular formula is C14H17BrN2O4. The normalized spacial score (nSPS) is 14.0. The van der Waals surface area contributed by atoms with Crippen LogP contribution in [0, 0.1) is 0 Å². The van der Waals surface area contributed by atoms with Crippen molar-refractivity contribution in [3.8, 4) is 5.75 Å². The smallest absolute Gasteiger partial charge is 0.326 e. The highest BCUT2D eigenvalue weighted by atomic mass is 79.9. The molecule has 0 spiro atoms. The quantitative estimate of drug-likeness (QED) is 0.864. The molecule has 2 N–H and O–H groups in total. The average Bonchev–Trinajstić information content (AvgIpc) is 2.90. The third-order valence-corrected chi connectivity index (χ3v) is 3.97. The number of urea groups is 1. The number of halogens is 1. The largest absolute Gasteiger partial charge is 0.493 e. The number of nitrogens with zero attached hydrogens (tertiary/aromatic N) is 1. The highest BCUT2D eigenvalue weighted by Crippen LogP contribution is 2.32. The van der Waals surface area contributed by atoms with Gasteiger partial charge in [0.15, 0.2) is 0 Å². The Hall–Kier alpha value is -1.76. The number of carboxylic acids is 1. The molecule has 0 aliphatic carbocycles. The van der Waals surface area contributed by atoms with Crippen LogP contribution in [-0.4, -0.2) is 41.7 Å². The Balaban J connectivity index is 2.04. The highest BCUT2D eigenvalue weighted by molar-refractivity contribution is 9.10. The van der Waals surface area contributed by atoms with Crippen LogP contribution < -0.4 is 10.1 Å². The summed E-state index contributed by atoms with van der Waals surface area (Å²) in [4.78, 5) is 24.0. The van der Waals surface area contributed by atoms with Gasteiger partial charge < -0.3 is 20.1 Å². The molecule has 1 unspecified atom stereocenters. The molecule has 2 amide bonds. The fourth-order valence-electron chi connectivity index (χ4n) is 2.11. The first-order valence-corrected chi connectivity index (χ1v) is 7.37. The Labute approximate surface area is 131 Å². The topological polar surface area (TPSA) is 78.9 Å². The lowest BCUT2D eigenvalue weighted by atomic mass is 10.1. The predicted molar refractivity (Wildman–Crippen MR) is 80.4 cm³/mol. The molecule has 0 fully saturated rings. The molecule has 1 atom stereocenters. The van der Waals surface area contributed by atoms with E-state index in [4.69, 9.17) is 9.84 Å². The zero-order valence-electron chi connectivity index (χ0n) is 11.9. The van der Waals surface area contributed by atoms with Crippen LogP contribution in [0.1, 0.15) is 18.1 Å². The van der Waals surface area contributed by atoms with E-state index < -0.39 is 18.0 Å². The van der Waals surface area contributed by atoms with E-state index in [1.807, 2.05) is 12.1 Å². The van der Waals surface area contributed by atoms with Crippen molar-refractivity contribution in [3.05, 3.63) is 27.7 Å². The van der Waals surface area contributed by atoms with Gasteiger partial charge >= 0.3 is 12.0 Å². The minimum atomic E-state index is -1.04. The molecule has 0 aromatic heterocycles. The van der Waals surface area contributed by atoms with Crippen molar-refractivity contribution in [3.63, 3.8) is 0 Å². The standard InChI is InChI=1S/C14H17BrN2O4/c1-8(13(18)19)17(2)14(20)16-7-10-6-11(15)5-9-3-4-21-12(9)10/h5-6,8H,3-4,7H2,1-2H3,(H,16,20)(H,18,19). The molecule has 0 radical (unpaired) electrons. The molecule has 6 nitrogen and oxygen atoms in total. The second kappa shape index (κ2) is 6.34. The zero-order chi connectivity index (χ0) is 15.6. The van der Waals surface area contributed by atoms with Gasteiger partial charge in [0.05, 0.1) is 6.61 Å². The van der Waals surface area contributed by atoms with Gasteiger partial charge in [0.25, 0.3) is 0 Å². The Kier molecular flexibility index (Phi) is 4.72. The van der Waals surface area contributed by atoms with Gasteiger partial charge in [0.2, 0.25) is 0 Å². The van der Waals surface area contributed by atoms with Gasteiger partial charge in [0.1, 0.15) is 11.8 Å². The molecule has 0 saturated heterocycles. The van der Waals surface area contributed by atoms with Crippen LogP contribution in [0.4, 0.5) is 4.79 Å². The fraction of sp³-hybridized carbons (Fsp3) is 0.429. The lowest BCUT2D eigenvalue weighted by Gasteiger charge is -2.22. The van der Waals surface area contributed by atoms with Crippen molar-refractivity contribution < 1.29 is 19.4 Å². The molecule has 2 rings (SSSR count). The van der Waals surface area contributed by atoms with E-state index in [0.29, 0.717) is 6.61 Å². The number of ether oxygens (including phenoxy) is 1. The van der Waals surface area contributed by atoms with Crippen molar-refractivity contribution in [1.82, 2.24) is 10.2 Å². The van der Waals surface area contributed by atoms with E-state index in [0.717, 1.165) is 32.7 Å². The SMILES string of the molecule is CC(C(=O)O)N(C)C(=O)NCc1cc(Br)cc2c1OCC2. The number of fused-ring (bicyclic) bond motifs is 1. The second-order valence-corrected chi connectivity index (χ2v) is 5.85. The maximum atomic E-state index is 11.9. The fourth-order valence-corrected chi connectivity index (χ4v) is 2.67. The number of hydrogen-bond donors (Lipinski definition) is 2. The van der Waals surface area contributed by atoms with E-state index in [1.54, 1.807) is 0 Å². The van der Waals surface area contributed by atoms with Crippen LogP contribution in [0.2, 0.25) is 0 Å². The Morgan fingerprint density at radius 2 is 2.24 bits per heavy atom. The number of rotatable bonds is 4. The molecule has 0 bridgehead atoms. The third kappa shape index (κ3) is 3.47. The monoisotopic (exact) mass is 356 g/mol. The molecule has 21 heavy (non-hydrogen) atoms. The van der Waals surface area contributed by atoms with Crippen molar-refractivity contribution in [2.24, 2.45) is 0 Å². The summed E-state index contributed by atoms with van der Waals surface area (Å²) in [6.07, 6.45) is 0.853. The van der Waals surface area contributed by atoms with Crippen molar-refractivity contribution in [1.29, 1.82) is 0 Å².